The van der Waals surface area contributed by atoms with Crippen LogP contribution in [0.1, 0.15) is 44.7 Å². The minimum Gasteiger partial charge on any atom is -0.352 e. The molecule has 3 aromatic carbocycles. The number of ketones is 3. The van der Waals surface area contributed by atoms with Gasteiger partial charge in [-0.1, -0.05) is 48.6 Å². The molecule has 4 nitrogen and oxygen atoms in total. The van der Waals surface area contributed by atoms with E-state index in [0.717, 1.165) is 0 Å². The summed E-state index contributed by atoms with van der Waals surface area (Å²) in [5, 5.41) is 0. The third kappa shape index (κ3) is 2.48. The molecule has 3 aliphatic rings. The van der Waals surface area contributed by atoms with E-state index in [2.05, 4.69) is 0 Å². The zero-order chi connectivity index (χ0) is 23.8. The van der Waals surface area contributed by atoms with Gasteiger partial charge < -0.3 is 4.90 Å². The molecule has 1 saturated heterocycles. The predicted molar refractivity (Wildman–Crippen MR) is 123 cm³/mol. The lowest BCUT2D eigenvalue weighted by Gasteiger charge is -2.37. The topological polar surface area (TPSA) is 54.5 Å². The molecule has 34 heavy (non-hydrogen) atoms. The number of halogens is 2. The third-order valence-corrected chi connectivity index (χ3v) is 7.41. The summed E-state index contributed by atoms with van der Waals surface area (Å²) in [5.41, 5.74) is 0.703. The van der Waals surface area contributed by atoms with Gasteiger partial charge in [0, 0.05) is 28.3 Å². The van der Waals surface area contributed by atoms with Gasteiger partial charge in [0.25, 0.3) is 0 Å². The molecule has 0 aromatic heterocycles. The maximum Gasteiger partial charge on any atom is 0.180 e. The van der Waals surface area contributed by atoms with Crippen molar-refractivity contribution in [1.82, 2.24) is 0 Å². The summed E-state index contributed by atoms with van der Waals surface area (Å²) in [5.74, 6) is -2.68. The van der Waals surface area contributed by atoms with Crippen molar-refractivity contribution >= 4 is 29.1 Å². The first-order valence-electron chi connectivity index (χ1n) is 11.1. The van der Waals surface area contributed by atoms with Crippen LogP contribution in [0.3, 0.4) is 0 Å². The standard InChI is InChI=1S/C28H19F2NO3/c1-15(32)25-24(16-6-9-18(29)10-7-16)28(26(33)20-4-2-3-5-21(20)27(28)34)23-13-8-17-14-19(30)11-12-22(17)31(23)25/h2-14,23-25H,1H3/t23-,24+,25+/m0/s1. The van der Waals surface area contributed by atoms with Crippen molar-refractivity contribution in [2.24, 2.45) is 5.41 Å². The van der Waals surface area contributed by atoms with E-state index in [1.54, 1.807) is 47.4 Å². The number of anilines is 1. The molecule has 168 valence electrons. The van der Waals surface area contributed by atoms with Gasteiger partial charge >= 0.3 is 0 Å². The number of hydrogen-bond donors (Lipinski definition) is 0. The van der Waals surface area contributed by atoms with E-state index in [0.29, 0.717) is 27.9 Å². The van der Waals surface area contributed by atoms with Crippen LogP contribution < -0.4 is 4.90 Å². The van der Waals surface area contributed by atoms with Crippen molar-refractivity contribution in [3.05, 3.63) is 107 Å². The van der Waals surface area contributed by atoms with E-state index >= 15 is 0 Å². The molecule has 0 N–H and O–H groups in total. The van der Waals surface area contributed by atoms with E-state index in [9.17, 15) is 23.2 Å². The third-order valence-electron chi connectivity index (χ3n) is 7.41. The Labute approximate surface area is 194 Å². The van der Waals surface area contributed by atoms with Crippen molar-refractivity contribution in [2.45, 2.75) is 24.9 Å². The number of benzene rings is 3. The number of rotatable bonds is 2. The Bertz CT molecular complexity index is 1390. The van der Waals surface area contributed by atoms with Gasteiger partial charge in [-0.3, -0.25) is 14.4 Å². The molecular weight excluding hydrogens is 436 g/mol. The van der Waals surface area contributed by atoms with Crippen molar-refractivity contribution in [2.75, 3.05) is 4.90 Å². The fraction of sp³-hybridized carbons (Fsp3) is 0.179. The molecule has 0 radical (unpaired) electrons. The molecule has 0 saturated carbocycles. The maximum atomic E-state index is 14.1. The van der Waals surface area contributed by atoms with Crippen molar-refractivity contribution < 1.29 is 23.2 Å². The van der Waals surface area contributed by atoms with E-state index in [-0.39, 0.29) is 17.3 Å². The Balaban J connectivity index is 1.68. The minimum atomic E-state index is -1.61. The number of Topliss-reactive ketones (excluding diaryl/α,β-unsaturated/α-hetero) is 3. The second kappa shape index (κ2) is 7.03. The van der Waals surface area contributed by atoms with Gasteiger partial charge in [-0.05, 0) is 42.8 Å². The summed E-state index contributed by atoms with van der Waals surface area (Å²) in [6, 6.07) is 14.9. The first kappa shape index (κ1) is 20.7. The fourth-order valence-electron chi connectivity index (χ4n) is 6.14. The van der Waals surface area contributed by atoms with Crippen LogP contribution in [0.2, 0.25) is 0 Å². The number of nitrogens with zero attached hydrogens (tertiary/aromatic N) is 1. The van der Waals surface area contributed by atoms with Crippen LogP contribution in [0.15, 0.2) is 72.8 Å². The fourth-order valence-corrected chi connectivity index (χ4v) is 6.14. The highest BCUT2D eigenvalue weighted by molar-refractivity contribution is 6.32. The number of hydrogen-bond acceptors (Lipinski definition) is 4. The molecule has 3 aromatic rings. The smallest absolute Gasteiger partial charge is 0.180 e. The van der Waals surface area contributed by atoms with Crippen molar-refractivity contribution in [3.8, 4) is 0 Å². The van der Waals surface area contributed by atoms with E-state index in [4.69, 9.17) is 0 Å². The molecule has 1 aliphatic carbocycles. The lowest BCUT2D eigenvalue weighted by Crippen LogP contribution is -2.48. The molecule has 6 heteroatoms. The van der Waals surface area contributed by atoms with Crippen molar-refractivity contribution in [1.29, 1.82) is 0 Å². The lowest BCUT2D eigenvalue weighted by atomic mass is 9.64. The largest absolute Gasteiger partial charge is 0.352 e. The molecule has 2 heterocycles. The Morgan fingerprint density at radius 2 is 1.50 bits per heavy atom. The van der Waals surface area contributed by atoms with E-state index < -0.39 is 35.1 Å². The first-order chi connectivity index (χ1) is 16.4. The molecule has 6 rings (SSSR count). The summed E-state index contributed by atoms with van der Waals surface area (Å²) in [7, 11) is 0. The van der Waals surface area contributed by atoms with Crippen molar-refractivity contribution in [3.63, 3.8) is 0 Å². The predicted octanol–water partition coefficient (Wildman–Crippen LogP) is 4.99. The normalized spacial score (nSPS) is 23.7. The summed E-state index contributed by atoms with van der Waals surface area (Å²) in [4.78, 5) is 43.3. The first-order valence-corrected chi connectivity index (χ1v) is 11.1. The molecule has 0 amide bonds. The van der Waals surface area contributed by atoms with Crippen LogP contribution in [0.25, 0.3) is 6.08 Å². The van der Waals surface area contributed by atoms with Crippen LogP contribution >= 0.6 is 0 Å². The Morgan fingerprint density at radius 1 is 0.882 bits per heavy atom. The van der Waals surface area contributed by atoms with E-state index in [1.165, 1.54) is 43.3 Å². The number of carbonyl (C=O) groups excluding carboxylic acids is 3. The number of carbonyl (C=O) groups is 3. The highest BCUT2D eigenvalue weighted by Gasteiger charge is 2.71. The zero-order valence-corrected chi connectivity index (χ0v) is 18.2. The van der Waals surface area contributed by atoms with Gasteiger partial charge in [0.1, 0.15) is 17.0 Å². The second-order valence-corrected chi connectivity index (χ2v) is 9.07. The average molecular weight is 455 g/mol. The molecule has 0 unspecified atom stereocenters. The van der Waals surface area contributed by atoms with Gasteiger partial charge in [0.05, 0.1) is 12.1 Å². The molecule has 0 bridgehead atoms. The summed E-state index contributed by atoms with van der Waals surface area (Å²) >= 11 is 0. The molecule has 3 atom stereocenters. The van der Waals surface area contributed by atoms with Crippen LogP contribution in [0.4, 0.5) is 14.5 Å². The molecule has 1 spiro atoms. The van der Waals surface area contributed by atoms with Crippen LogP contribution in [0, 0.1) is 17.0 Å². The van der Waals surface area contributed by atoms with Crippen LogP contribution in [-0.2, 0) is 4.79 Å². The highest BCUT2D eigenvalue weighted by Crippen LogP contribution is 2.60. The van der Waals surface area contributed by atoms with Gasteiger partial charge in [0.2, 0.25) is 0 Å². The Morgan fingerprint density at radius 3 is 2.12 bits per heavy atom. The van der Waals surface area contributed by atoms with Gasteiger partial charge in [-0.2, -0.15) is 0 Å². The zero-order valence-electron chi connectivity index (χ0n) is 18.2. The highest BCUT2D eigenvalue weighted by atomic mass is 19.1. The molecule has 1 fully saturated rings. The lowest BCUT2D eigenvalue weighted by molar-refractivity contribution is -0.118. The Kier molecular flexibility index (Phi) is 4.27. The summed E-state index contributed by atoms with van der Waals surface area (Å²) in [6.07, 6.45) is 3.43. The summed E-state index contributed by atoms with van der Waals surface area (Å²) < 4.78 is 27.8. The molecular formula is C28H19F2NO3. The monoisotopic (exact) mass is 455 g/mol. The second-order valence-electron chi connectivity index (χ2n) is 9.07. The molecule has 2 aliphatic heterocycles. The van der Waals surface area contributed by atoms with Crippen LogP contribution in [0.5, 0.6) is 0 Å². The maximum absolute atomic E-state index is 14.1. The quantitative estimate of drug-likeness (QED) is 0.511. The number of fused-ring (bicyclic) bond motifs is 5. The van der Waals surface area contributed by atoms with E-state index in [1.807, 2.05) is 0 Å². The summed E-state index contributed by atoms with van der Waals surface area (Å²) in [6.45, 7) is 1.43. The van der Waals surface area contributed by atoms with Gasteiger partial charge in [-0.25, -0.2) is 8.78 Å². The van der Waals surface area contributed by atoms with Gasteiger partial charge in [0.15, 0.2) is 17.3 Å². The SMILES string of the molecule is CC(=O)[C@@H]1[C@@H](c2ccc(F)cc2)C2(C(=O)c3ccccc3C2=O)[C@@H]2C=Cc3cc(F)ccc3N12. The Hall–Kier alpha value is -3.93. The van der Waals surface area contributed by atoms with Crippen LogP contribution in [-0.4, -0.2) is 29.4 Å². The average Bonchev–Trinajstić information content (AvgIpc) is 3.26. The van der Waals surface area contributed by atoms with Gasteiger partial charge in [-0.15, -0.1) is 0 Å². The minimum absolute atomic E-state index is 0.238.